The molecule has 0 aliphatic heterocycles. The highest BCUT2D eigenvalue weighted by Gasteiger charge is 2.32. The van der Waals surface area contributed by atoms with E-state index in [9.17, 15) is 9.90 Å². The predicted molar refractivity (Wildman–Crippen MR) is 78.0 cm³/mol. The van der Waals surface area contributed by atoms with Gasteiger partial charge in [0.1, 0.15) is 0 Å². The number of carbonyl (C=O) groups is 1. The summed E-state index contributed by atoms with van der Waals surface area (Å²) >= 11 is 0. The topological polar surface area (TPSA) is 49.8 Å². The SMILES string of the molecule is COCCCc1cc(C)cc(CN(C(=O)O)C2CC2)c1. The van der Waals surface area contributed by atoms with Gasteiger partial charge in [-0.15, -0.1) is 0 Å². The first-order chi connectivity index (χ1) is 9.60. The minimum atomic E-state index is -0.810. The van der Waals surface area contributed by atoms with Gasteiger partial charge in [-0.1, -0.05) is 23.8 Å². The number of ether oxygens (including phenoxy) is 1. The Balaban J connectivity index is 2.04. The van der Waals surface area contributed by atoms with E-state index in [-0.39, 0.29) is 6.04 Å². The van der Waals surface area contributed by atoms with E-state index < -0.39 is 6.09 Å². The number of nitrogens with zero attached hydrogens (tertiary/aromatic N) is 1. The molecule has 1 N–H and O–H groups in total. The largest absolute Gasteiger partial charge is 0.465 e. The molecular weight excluding hydrogens is 254 g/mol. The van der Waals surface area contributed by atoms with Crippen LogP contribution in [0.25, 0.3) is 0 Å². The van der Waals surface area contributed by atoms with Gasteiger partial charge in [-0.2, -0.15) is 0 Å². The highest BCUT2D eigenvalue weighted by Crippen LogP contribution is 2.28. The maximum atomic E-state index is 11.3. The molecule has 1 fully saturated rings. The molecule has 4 heteroatoms. The van der Waals surface area contributed by atoms with E-state index in [1.807, 2.05) is 0 Å². The number of aryl methyl sites for hydroxylation is 2. The van der Waals surface area contributed by atoms with Crippen LogP contribution in [0.5, 0.6) is 0 Å². The van der Waals surface area contributed by atoms with Crippen LogP contribution in [-0.2, 0) is 17.7 Å². The van der Waals surface area contributed by atoms with Gasteiger partial charge in [0.25, 0.3) is 0 Å². The van der Waals surface area contributed by atoms with Gasteiger partial charge in [0.05, 0.1) is 0 Å². The minimum absolute atomic E-state index is 0.227. The first-order valence-corrected chi connectivity index (χ1v) is 7.18. The molecule has 0 bridgehead atoms. The molecule has 0 unspecified atom stereocenters. The second-order valence-corrected chi connectivity index (χ2v) is 5.56. The Bertz CT molecular complexity index is 469. The van der Waals surface area contributed by atoms with Crippen LogP contribution in [0.1, 0.15) is 36.0 Å². The van der Waals surface area contributed by atoms with Crippen molar-refractivity contribution in [2.45, 2.75) is 45.2 Å². The molecule has 0 spiro atoms. The highest BCUT2D eigenvalue weighted by atomic mass is 16.5. The van der Waals surface area contributed by atoms with Crippen LogP contribution in [0.3, 0.4) is 0 Å². The van der Waals surface area contributed by atoms with Crippen molar-refractivity contribution in [1.82, 2.24) is 4.90 Å². The zero-order chi connectivity index (χ0) is 14.5. The Morgan fingerprint density at radius 1 is 1.35 bits per heavy atom. The summed E-state index contributed by atoms with van der Waals surface area (Å²) in [5.74, 6) is 0. The molecule has 0 saturated heterocycles. The molecule has 20 heavy (non-hydrogen) atoms. The molecule has 0 radical (unpaired) electrons. The van der Waals surface area contributed by atoms with E-state index in [4.69, 9.17) is 4.74 Å². The second kappa shape index (κ2) is 6.75. The third-order valence-electron chi connectivity index (χ3n) is 3.60. The molecule has 110 valence electrons. The van der Waals surface area contributed by atoms with Crippen LogP contribution in [0.4, 0.5) is 4.79 Å². The summed E-state index contributed by atoms with van der Waals surface area (Å²) in [5, 5.41) is 9.27. The minimum Gasteiger partial charge on any atom is -0.465 e. The molecule has 1 aromatic rings. The fraction of sp³-hybridized carbons (Fsp3) is 0.562. The summed E-state index contributed by atoms with van der Waals surface area (Å²) in [6, 6.07) is 6.60. The Kier molecular flexibility index (Phi) is 5.01. The third kappa shape index (κ3) is 4.23. The Labute approximate surface area is 120 Å². The van der Waals surface area contributed by atoms with Gasteiger partial charge >= 0.3 is 6.09 Å². The maximum Gasteiger partial charge on any atom is 0.407 e. The molecule has 0 atom stereocenters. The monoisotopic (exact) mass is 277 g/mol. The molecule has 0 aromatic heterocycles. The zero-order valence-electron chi connectivity index (χ0n) is 12.3. The second-order valence-electron chi connectivity index (χ2n) is 5.56. The van der Waals surface area contributed by atoms with Crippen molar-refractivity contribution in [3.8, 4) is 0 Å². The Morgan fingerprint density at radius 2 is 2.05 bits per heavy atom. The summed E-state index contributed by atoms with van der Waals surface area (Å²) in [5.41, 5.74) is 3.54. The predicted octanol–water partition coefficient (Wildman–Crippen LogP) is 3.22. The quantitative estimate of drug-likeness (QED) is 0.778. The number of rotatable bonds is 7. The lowest BCUT2D eigenvalue weighted by molar-refractivity contribution is 0.139. The van der Waals surface area contributed by atoms with Crippen LogP contribution < -0.4 is 0 Å². The van der Waals surface area contributed by atoms with Crippen LogP contribution in [-0.4, -0.2) is 35.9 Å². The van der Waals surface area contributed by atoms with Gasteiger partial charge in [-0.05, 0) is 43.7 Å². The fourth-order valence-corrected chi connectivity index (χ4v) is 2.54. The van der Waals surface area contributed by atoms with Crippen molar-refractivity contribution < 1.29 is 14.6 Å². The Morgan fingerprint density at radius 3 is 2.65 bits per heavy atom. The standard InChI is InChI=1S/C16H23NO3/c1-12-8-13(4-3-7-20-2)10-14(9-12)11-17(16(18)19)15-5-6-15/h8-10,15H,3-7,11H2,1-2H3,(H,18,19). The Hall–Kier alpha value is -1.55. The summed E-state index contributed by atoms with van der Waals surface area (Å²) in [7, 11) is 1.71. The van der Waals surface area contributed by atoms with Gasteiger partial charge < -0.3 is 14.7 Å². The number of methoxy groups -OCH3 is 1. The molecule has 4 nitrogen and oxygen atoms in total. The van der Waals surface area contributed by atoms with E-state index in [1.54, 1.807) is 12.0 Å². The van der Waals surface area contributed by atoms with E-state index in [1.165, 1.54) is 11.1 Å². The summed E-state index contributed by atoms with van der Waals surface area (Å²) in [6.45, 7) is 3.32. The lowest BCUT2D eigenvalue weighted by Crippen LogP contribution is -2.31. The summed E-state index contributed by atoms with van der Waals surface area (Å²) in [4.78, 5) is 12.8. The number of benzene rings is 1. The van der Waals surface area contributed by atoms with E-state index >= 15 is 0 Å². The molecule has 0 heterocycles. The zero-order valence-corrected chi connectivity index (χ0v) is 12.3. The van der Waals surface area contributed by atoms with Crippen molar-refractivity contribution in [3.63, 3.8) is 0 Å². The van der Waals surface area contributed by atoms with Crippen molar-refractivity contribution >= 4 is 6.09 Å². The van der Waals surface area contributed by atoms with Crippen molar-refractivity contribution in [2.24, 2.45) is 0 Å². The van der Waals surface area contributed by atoms with Crippen LogP contribution >= 0.6 is 0 Å². The van der Waals surface area contributed by atoms with Gasteiger partial charge in [0, 0.05) is 26.3 Å². The first-order valence-electron chi connectivity index (χ1n) is 7.18. The summed E-state index contributed by atoms with van der Waals surface area (Å²) in [6.07, 6.45) is 3.15. The van der Waals surface area contributed by atoms with Gasteiger partial charge in [0.15, 0.2) is 0 Å². The van der Waals surface area contributed by atoms with Crippen LogP contribution in [0, 0.1) is 6.92 Å². The molecule has 1 aliphatic rings. The fourth-order valence-electron chi connectivity index (χ4n) is 2.54. The highest BCUT2D eigenvalue weighted by molar-refractivity contribution is 5.66. The number of hydrogen-bond acceptors (Lipinski definition) is 2. The van der Waals surface area contributed by atoms with Gasteiger partial charge in [-0.3, -0.25) is 0 Å². The average Bonchev–Trinajstić information content (AvgIpc) is 3.19. The lowest BCUT2D eigenvalue weighted by Gasteiger charge is -2.19. The molecule has 2 rings (SSSR count). The number of carboxylic acid groups (broad SMARTS) is 1. The molecule has 1 amide bonds. The van der Waals surface area contributed by atoms with Crippen molar-refractivity contribution in [2.75, 3.05) is 13.7 Å². The number of amides is 1. The lowest BCUT2D eigenvalue weighted by atomic mass is 10.0. The summed E-state index contributed by atoms with van der Waals surface area (Å²) < 4.78 is 5.07. The molecule has 1 aliphatic carbocycles. The van der Waals surface area contributed by atoms with Crippen LogP contribution in [0.15, 0.2) is 18.2 Å². The van der Waals surface area contributed by atoms with Crippen LogP contribution in [0.2, 0.25) is 0 Å². The smallest absolute Gasteiger partial charge is 0.407 e. The third-order valence-corrected chi connectivity index (χ3v) is 3.60. The van der Waals surface area contributed by atoms with Gasteiger partial charge in [0.2, 0.25) is 0 Å². The molecule has 1 saturated carbocycles. The van der Waals surface area contributed by atoms with Gasteiger partial charge in [-0.25, -0.2) is 4.79 Å². The van der Waals surface area contributed by atoms with Crippen molar-refractivity contribution in [1.29, 1.82) is 0 Å². The molecular formula is C16H23NO3. The maximum absolute atomic E-state index is 11.3. The first kappa shape index (κ1) is 14.9. The number of hydrogen-bond donors (Lipinski definition) is 1. The normalized spacial score (nSPS) is 14.3. The van der Waals surface area contributed by atoms with Crippen molar-refractivity contribution in [3.05, 3.63) is 34.9 Å². The van der Waals surface area contributed by atoms with E-state index in [0.717, 1.165) is 37.9 Å². The van der Waals surface area contributed by atoms with E-state index in [0.29, 0.717) is 6.54 Å². The molecule has 1 aromatic carbocycles. The van der Waals surface area contributed by atoms with E-state index in [2.05, 4.69) is 25.1 Å². The average molecular weight is 277 g/mol.